The molecule has 11 heteroatoms. The molecule has 0 unspecified atom stereocenters. The Hall–Kier alpha value is -4.41. The van der Waals surface area contributed by atoms with E-state index in [1.807, 2.05) is 25.1 Å². The topological polar surface area (TPSA) is 127 Å². The van der Waals surface area contributed by atoms with Crippen LogP contribution in [0.15, 0.2) is 47.4 Å². The fourth-order valence-electron chi connectivity index (χ4n) is 4.17. The summed E-state index contributed by atoms with van der Waals surface area (Å²) < 4.78 is 8.46. The number of anilines is 2. The number of benzene rings is 1. The molecule has 0 bridgehead atoms. The molecule has 11 nitrogen and oxygen atoms in total. The molecule has 0 aliphatic carbocycles. The Balaban J connectivity index is 1.52. The third-order valence-electron chi connectivity index (χ3n) is 5.86. The molecule has 4 aromatic rings. The lowest BCUT2D eigenvalue weighted by Crippen LogP contribution is -2.34. The van der Waals surface area contributed by atoms with Crippen molar-refractivity contribution in [2.75, 3.05) is 19.0 Å². The van der Waals surface area contributed by atoms with Crippen LogP contribution in [0.3, 0.4) is 0 Å². The number of rotatable bonds is 5. The summed E-state index contributed by atoms with van der Waals surface area (Å²) in [6.07, 6.45) is 1.24. The van der Waals surface area contributed by atoms with Crippen LogP contribution in [-0.2, 0) is 19.5 Å². The standard InChI is InChI=1S/C23H23N7O4/c1-3-29-21(31)17-12-24-22(27-20(17)30(29)18-5-4-6-19(26-18)34-2)25-16-8-7-15-13-28(23(32)33)10-9-14(15)11-16/h4-8,11-12H,3,9-10,13H2,1-2H3,(H,32,33)(H,24,25,27). The highest BCUT2D eigenvalue weighted by atomic mass is 16.5. The van der Waals surface area contributed by atoms with E-state index in [4.69, 9.17) is 4.74 Å². The number of hydrogen-bond donors (Lipinski definition) is 2. The number of nitrogens with one attached hydrogen (secondary N) is 1. The fourth-order valence-corrected chi connectivity index (χ4v) is 4.17. The minimum Gasteiger partial charge on any atom is -0.481 e. The second-order valence-corrected chi connectivity index (χ2v) is 7.86. The predicted octanol–water partition coefficient (Wildman–Crippen LogP) is 2.79. The number of carboxylic acid groups (broad SMARTS) is 1. The van der Waals surface area contributed by atoms with Crippen LogP contribution in [0.5, 0.6) is 5.88 Å². The van der Waals surface area contributed by atoms with Crippen LogP contribution < -0.4 is 15.6 Å². The van der Waals surface area contributed by atoms with Crippen LogP contribution in [0.25, 0.3) is 16.9 Å². The normalized spacial score (nSPS) is 13.1. The van der Waals surface area contributed by atoms with Gasteiger partial charge in [0.15, 0.2) is 11.5 Å². The van der Waals surface area contributed by atoms with Crippen molar-refractivity contribution in [3.8, 4) is 11.7 Å². The van der Waals surface area contributed by atoms with E-state index in [1.165, 1.54) is 18.2 Å². The molecule has 5 rings (SSSR count). The monoisotopic (exact) mass is 461 g/mol. The van der Waals surface area contributed by atoms with Gasteiger partial charge in [-0.15, -0.1) is 0 Å². The van der Waals surface area contributed by atoms with Crippen molar-refractivity contribution in [2.45, 2.75) is 26.4 Å². The summed E-state index contributed by atoms with van der Waals surface area (Å²) in [5.41, 5.74) is 3.07. The summed E-state index contributed by atoms with van der Waals surface area (Å²) >= 11 is 0. The first-order chi connectivity index (χ1) is 16.5. The van der Waals surface area contributed by atoms with Gasteiger partial charge < -0.3 is 20.1 Å². The summed E-state index contributed by atoms with van der Waals surface area (Å²) in [5.74, 6) is 1.27. The molecule has 0 saturated heterocycles. The lowest BCUT2D eigenvalue weighted by atomic mass is 9.99. The van der Waals surface area contributed by atoms with Crippen LogP contribution in [0.1, 0.15) is 18.1 Å². The van der Waals surface area contributed by atoms with Gasteiger partial charge >= 0.3 is 6.09 Å². The average Bonchev–Trinajstić information content (AvgIpc) is 3.14. The number of ether oxygens (including phenoxy) is 1. The zero-order valence-corrected chi connectivity index (χ0v) is 18.7. The van der Waals surface area contributed by atoms with Gasteiger partial charge in [-0.1, -0.05) is 12.1 Å². The van der Waals surface area contributed by atoms with E-state index < -0.39 is 6.09 Å². The van der Waals surface area contributed by atoms with Gasteiger partial charge in [-0.25, -0.2) is 19.1 Å². The van der Waals surface area contributed by atoms with Crippen molar-refractivity contribution in [2.24, 2.45) is 0 Å². The van der Waals surface area contributed by atoms with E-state index in [0.29, 0.717) is 54.7 Å². The Bertz CT molecular complexity index is 1460. The molecular weight excluding hydrogens is 438 g/mol. The maximum Gasteiger partial charge on any atom is 0.407 e. The fraction of sp³-hybridized carbons (Fsp3) is 0.261. The molecule has 0 spiro atoms. The maximum atomic E-state index is 12.9. The zero-order valence-electron chi connectivity index (χ0n) is 18.7. The van der Waals surface area contributed by atoms with Crippen LogP contribution in [0, 0.1) is 0 Å². The number of pyridine rings is 1. The first-order valence-corrected chi connectivity index (χ1v) is 10.8. The molecule has 2 N–H and O–H groups in total. The first-order valence-electron chi connectivity index (χ1n) is 10.8. The van der Waals surface area contributed by atoms with E-state index in [0.717, 1.165) is 16.8 Å². The zero-order chi connectivity index (χ0) is 23.8. The summed E-state index contributed by atoms with van der Waals surface area (Å²) in [6.45, 7) is 3.13. The molecule has 1 aliphatic rings. The number of hydrogen-bond acceptors (Lipinski definition) is 7. The van der Waals surface area contributed by atoms with Crippen molar-refractivity contribution in [3.05, 3.63) is 64.1 Å². The van der Waals surface area contributed by atoms with Crippen LogP contribution in [0.2, 0.25) is 0 Å². The Morgan fingerprint density at radius 2 is 2.06 bits per heavy atom. The van der Waals surface area contributed by atoms with Gasteiger partial charge in [-0.05, 0) is 42.7 Å². The number of nitrogens with zero attached hydrogens (tertiary/aromatic N) is 6. The van der Waals surface area contributed by atoms with Crippen molar-refractivity contribution in [1.82, 2.24) is 29.2 Å². The highest BCUT2D eigenvalue weighted by molar-refractivity contribution is 5.77. The van der Waals surface area contributed by atoms with Crippen molar-refractivity contribution in [1.29, 1.82) is 0 Å². The molecule has 0 atom stereocenters. The number of fused-ring (bicyclic) bond motifs is 2. The second kappa shape index (κ2) is 8.50. The Morgan fingerprint density at radius 1 is 1.21 bits per heavy atom. The molecule has 0 saturated carbocycles. The van der Waals surface area contributed by atoms with Gasteiger partial charge in [0, 0.05) is 37.6 Å². The number of aromatic nitrogens is 5. The molecule has 4 heterocycles. The Morgan fingerprint density at radius 3 is 2.82 bits per heavy atom. The van der Waals surface area contributed by atoms with E-state index in [2.05, 4.69) is 20.3 Å². The van der Waals surface area contributed by atoms with Gasteiger partial charge in [-0.3, -0.25) is 4.79 Å². The maximum absolute atomic E-state index is 12.9. The van der Waals surface area contributed by atoms with E-state index >= 15 is 0 Å². The van der Waals surface area contributed by atoms with Crippen molar-refractivity contribution >= 4 is 28.8 Å². The quantitative estimate of drug-likeness (QED) is 0.464. The first kappa shape index (κ1) is 21.4. The summed E-state index contributed by atoms with van der Waals surface area (Å²) in [5, 5.41) is 12.8. The molecule has 0 fully saturated rings. The summed E-state index contributed by atoms with van der Waals surface area (Å²) in [6, 6.07) is 11.1. The third-order valence-corrected chi connectivity index (χ3v) is 5.86. The third kappa shape index (κ3) is 3.70. The highest BCUT2D eigenvalue weighted by Gasteiger charge is 2.21. The SMILES string of the molecule is CCn1c(=O)c2cnc(Nc3ccc4c(c3)CCN(C(=O)O)C4)nc2n1-c1cccc(OC)n1. The van der Waals surface area contributed by atoms with Gasteiger partial charge in [0.2, 0.25) is 11.8 Å². The van der Waals surface area contributed by atoms with E-state index in [-0.39, 0.29) is 5.56 Å². The number of methoxy groups -OCH3 is 1. The lowest BCUT2D eigenvalue weighted by molar-refractivity contribution is 0.140. The summed E-state index contributed by atoms with van der Waals surface area (Å²) in [4.78, 5) is 39.0. The largest absolute Gasteiger partial charge is 0.481 e. The van der Waals surface area contributed by atoms with Crippen LogP contribution in [-0.4, -0.2) is 54.1 Å². The average molecular weight is 461 g/mol. The van der Waals surface area contributed by atoms with Crippen LogP contribution in [0.4, 0.5) is 16.4 Å². The minimum absolute atomic E-state index is 0.203. The second-order valence-electron chi connectivity index (χ2n) is 7.86. The smallest absolute Gasteiger partial charge is 0.407 e. The molecule has 174 valence electrons. The number of amides is 1. The van der Waals surface area contributed by atoms with Crippen LogP contribution >= 0.6 is 0 Å². The molecule has 34 heavy (non-hydrogen) atoms. The Labute approximate surface area is 194 Å². The predicted molar refractivity (Wildman–Crippen MR) is 125 cm³/mol. The summed E-state index contributed by atoms with van der Waals surface area (Å²) in [7, 11) is 1.54. The van der Waals surface area contributed by atoms with E-state index in [9.17, 15) is 14.7 Å². The molecule has 1 aliphatic heterocycles. The molecule has 1 amide bonds. The Kier molecular flexibility index (Phi) is 5.36. The minimum atomic E-state index is -0.912. The number of carbonyl (C=O) groups is 1. The van der Waals surface area contributed by atoms with Crippen molar-refractivity contribution in [3.63, 3.8) is 0 Å². The molecular formula is C23H23N7O4. The molecule has 3 aromatic heterocycles. The van der Waals surface area contributed by atoms with E-state index in [1.54, 1.807) is 27.6 Å². The van der Waals surface area contributed by atoms with Gasteiger partial charge in [-0.2, -0.15) is 9.97 Å². The van der Waals surface area contributed by atoms with Gasteiger partial charge in [0.25, 0.3) is 5.56 Å². The molecule has 0 radical (unpaired) electrons. The van der Waals surface area contributed by atoms with Gasteiger partial charge in [0.1, 0.15) is 5.39 Å². The highest BCUT2D eigenvalue weighted by Crippen LogP contribution is 2.25. The van der Waals surface area contributed by atoms with Gasteiger partial charge in [0.05, 0.1) is 7.11 Å². The van der Waals surface area contributed by atoms with Crippen molar-refractivity contribution < 1.29 is 14.6 Å². The molecule has 1 aromatic carbocycles. The lowest BCUT2D eigenvalue weighted by Gasteiger charge is -2.26.